The van der Waals surface area contributed by atoms with Crippen LogP contribution < -0.4 is 39.5 Å². The van der Waals surface area contributed by atoms with E-state index < -0.39 is 43.8 Å². The fraction of sp³-hybridized carbons (Fsp3) is 0.446. The number of carbonyl (C=O) groups excluding carboxylic acids is 6. The highest BCUT2D eigenvalue weighted by Crippen LogP contribution is 2.45. The van der Waals surface area contributed by atoms with E-state index in [1.165, 1.54) is 21.6 Å². The molecule has 5 aromatic rings. The Labute approximate surface area is 507 Å². The zero-order chi connectivity index (χ0) is 61.1. The summed E-state index contributed by atoms with van der Waals surface area (Å²) in [6, 6.07) is 28.3. The summed E-state index contributed by atoms with van der Waals surface area (Å²) in [5.41, 5.74) is 9.62. The second-order valence-electron chi connectivity index (χ2n) is 23.5. The second kappa shape index (κ2) is 26.4. The molecule has 0 fully saturated rings. The summed E-state index contributed by atoms with van der Waals surface area (Å²) < 4.78 is 48.2. The quantitative estimate of drug-likeness (QED) is 0.0412. The van der Waals surface area contributed by atoms with Crippen LogP contribution in [0.3, 0.4) is 0 Å². The van der Waals surface area contributed by atoms with Gasteiger partial charge in [-0.05, 0) is 148 Å². The fourth-order valence-corrected chi connectivity index (χ4v) is 15.8. The highest BCUT2D eigenvalue weighted by atomic mass is 33.1. The topological polar surface area (TPSA) is 207 Å². The highest BCUT2D eigenvalue weighted by Gasteiger charge is 2.41. The molecule has 2 N–H and O–H groups in total. The Morgan fingerprint density at radius 3 is 2.02 bits per heavy atom. The van der Waals surface area contributed by atoms with E-state index in [0.29, 0.717) is 64.6 Å². The van der Waals surface area contributed by atoms with Crippen LogP contribution in [0, 0.1) is 12.8 Å². The number of ether oxygens (including phenoxy) is 3. The highest BCUT2D eigenvalue weighted by molar-refractivity contribution is 8.77. The van der Waals surface area contributed by atoms with E-state index in [-0.39, 0.29) is 79.7 Å². The molecule has 452 valence electrons. The monoisotopic (exact) mass is 1220 g/mol. The van der Waals surface area contributed by atoms with Crippen molar-refractivity contribution in [3.05, 3.63) is 136 Å². The average Bonchev–Trinajstić information content (AvgIpc) is 1.84. The summed E-state index contributed by atoms with van der Waals surface area (Å²) >= 11 is 0. The normalized spacial score (nSPS) is 17.6. The molecule has 0 spiro atoms. The summed E-state index contributed by atoms with van der Waals surface area (Å²) in [5, 5.41) is 4.37. The maximum absolute atomic E-state index is 14.3. The number of amides is 4. The summed E-state index contributed by atoms with van der Waals surface area (Å²) in [6.07, 6.45) is 3.61. The number of ketones is 2. The molecule has 0 saturated carbocycles. The number of methoxy groups -OCH3 is 1. The first kappa shape index (κ1) is 62.7. The third-order valence-electron chi connectivity index (χ3n) is 16.5. The molecule has 0 bridgehead atoms. The van der Waals surface area contributed by atoms with Crippen molar-refractivity contribution in [1.29, 1.82) is 0 Å². The Balaban J connectivity index is 0.871. The van der Waals surface area contributed by atoms with E-state index in [9.17, 15) is 37.2 Å². The van der Waals surface area contributed by atoms with Crippen molar-refractivity contribution in [2.24, 2.45) is 5.92 Å². The van der Waals surface area contributed by atoms with Crippen LogP contribution in [0.4, 0.5) is 22.7 Å². The Hall–Kier alpha value is -6.87. The first-order valence-corrected chi connectivity index (χ1v) is 32.7. The smallest absolute Gasteiger partial charge is 0.277 e. The van der Waals surface area contributed by atoms with E-state index >= 15 is 0 Å². The van der Waals surface area contributed by atoms with E-state index in [1.807, 2.05) is 111 Å². The zero-order valence-corrected chi connectivity index (χ0v) is 52.5. The Kier molecular flexibility index (Phi) is 19.5. The van der Waals surface area contributed by atoms with Gasteiger partial charge in [0.2, 0.25) is 11.8 Å². The molecule has 4 aliphatic rings. The number of aryl methyl sites for hydroxylation is 2. The van der Waals surface area contributed by atoms with E-state index in [1.54, 1.807) is 40.0 Å². The number of carbonyl (C=O) groups is 6. The van der Waals surface area contributed by atoms with Crippen LogP contribution in [0.15, 0.2) is 91.0 Å². The maximum Gasteiger partial charge on any atom is 0.277 e. The minimum atomic E-state index is -4.04. The van der Waals surface area contributed by atoms with Gasteiger partial charge < -0.3 is 39.5 Å². The lowest BCUT2D eigenvalue weighted by atomic mass is 9.99. The third kappa shape index (κ3) is 14.2. The number of Topliss-reactive ketones (excluding diaryl/α,β-unsaturated/α-hetero) is 2. The number of benzene rings is 5. The number of nitrogens with one attached hydrogen (secondary N) is 2. The molecule has 0 saturated heterocycles. The van der Waals surface area contributed by atoms with Crippen LogP contribution in [0.5, 0.6) is 17.2 Å². The first-order valence-electron chi connectivity index (χ1n) is 29.1. The number of likely N-dealkylation sites (N-methyl/N-ethyl adjacent to an activating group) is 1. The fourth-order valence-electron chi connectivity index (χ4n) is 11.8. The lowest BCUT2D eigenvalue weighted by Crippen LogP contribution is -2.41. The maximum atomic E-state index is 14.3. The molecule has 4 heterocycles. The number of hydrogen-bond donors (Lipinski definition) is 2. The molecule has 4 aliphatic heterocycles. The third-order valence-corrected chi connectivity index (χ3v) is 22.0. The largest absolute Gasteiger partial charge is 0.493 e. The molecule has 0 aromatic heterocycles. The van der Waals surface area contributed by atoms with Crippen molar-refractivity contribution in [2.45, 2.75) is 153 Å². The van der Waals surface area contributed by atoms with Gasteiger partial charge in [-0.2, -0.15) is 8.42 Å². The Morgan fingerprint density at radius 1 is 0.753 bits per heavy atom. The van der Waals surface area contributed by atoms with Gasteiger partial charge in [-0.1, -0.05) is 78.8 Å². The van der Waals surface area contributed by atoms with Gasteiger partial charge >= 0.3 is 0 Å². The van der Waals surface area contributed by atoms with Crippen LogP contribution in [0.2, 0.25) is 0 Å². The molecular weight excluding hydrogens is 1140 g/mol. The number of nitrogens with zero attached hydrogens (tertiary/aromatic N) is 3. The van der Waals surface area contributed by atoms with Gasteiger partial charge in [-0.3, -0.25) is 33.0 Å². The Bertz CT molecular complexity index is 3520. The van der Waals surface area contributed by atoms with Gasteiger partial charge in [0.15, 0.2) is 23.1 Å². The predicted molar refractivity (Wildman–Crippen MR) is 335 cm³/mol. The number of fused-ring (bicyclic) bond motifs is 8. The molecule has 9 rings (SSSR count). The molecule has 5 aromatic carbocycles. The van der Waals surface area contributed by atoms with Crippen molar-refractivity contribution >= 4 is 89.7 Å². The molecule has 17 nitrogen and oxygen atoms in total. The van der Waals surface area contributed by atoms with Crippen LogP contribution in [-0.2, 0) is 66.0 Å². The standard InChI is InChI=1S/C65H77N5O12S3/c1-11-55(71)60(85(77,78)80-10)26-40(4)83-84-65(6,7)23-22-61(73)66-41(5)56(72)25-39(3)62(74)67-47-28-42(36-81-57-34-54-51(24-38(57)2)64(76)70-49(35-68(54)8)31-46-17-13-15-19-53(46)70)27-43(29-47)37-82-59-32-44-20-21-48-30-45-16-12-14-18-52(45)69(48)63(75)50(44)33-58(59)79-9/h12-19,24,27-29,32-34,39-41,48-49,60H,11,20-23,25-26,30-31,35-37H2,1-10H3,(H,66,73)(H,67,74)/t39-,40?,41-,48+,49-,60?/m0/s1. The molecule has 0 radical (unpaired) electrons. The van der Waals surface area contributed by atoms with Crippen molar-refractivity contribution in [1.82, 2.24) is 5.32 Å². The number of anilines is 4. The van der Waals surface area contributed by atoms with Gasteiger partial charge in [0.05, 0.1) is 37.6 Å². The van der Waals surface area contributed by atoms with E-state index in [4.69, 9.17) is 14.2 Å². The van der Waals surface area contributed by atoms with E-state index in [2.05, 4.69) is 31.8 Å². The van der Waals surface area contributed by atoms with E-state index in [0.717, 1.165) is 65.7 Å². The molecule has 2 unspecified atom stereocenters. The lowest BCUT2D eigenvalue weighted by Gasteiger charge is -2.26. The average molecular weight is 1220 g/mol. The lowest BCUT2D eigenvalue weighted by molar-refractivity contribution is -0.129. The minimum absolute atomic E-state index is 0.0139. The summed E-state index contributed by atoms with van der Waals surface area (Å²) in [7, 11) is 3.50. The van der Waals surface area contributed by atoms with Crippen molar-refractivity contribution in [3.63, 3.8) is 0 Å². The van der Waals surface area contributed by atoms with Crippen molar-refractivity contribution in [3.8, 4) is 17.2 Å². The summed E-state index contributed by atoms with van der Waals surface area (Å²) in [5.74, 6) is -0.903. The van der Waals surface area contributed by atoms with Gasteiger partial charge in [0, 0.05) is 83.5 Å². The van der Waals surface area contributed by atoms with Crippen LogP contribution in [-0.4, -0.2) is 105 Å². The number of rotatable bonds is 25. The molecule has 0 aliphatic carbocycles. The van der Waals surface area contributed by atoms with Gasteiger partial charge in [-0.25, -0.2) is 0 Å². The minimum Gasteiger partial charge on any atom is -0.493 e. The van der Waals surface area contributed by atoms with Crippen LogP contribution >= 0.6 is 21.6 Å². The van der Waals surface area contributed by atoms with Crippen LogP contribution in [0.25, 0.3) is 0 Å². The van der Waals surface area contributed by atoms with Crippen LogP contribution in [0.1, 0.15) is 134 Å². The molecule has 6 atom stereocenters. The molecule has 4 amide bonds. The zero-order valence-electron chi connectivity index (χ0n) is 50.1. The van der Waals surface area contributed by atoms with Crippen molar-refractivity contribution < 1.29 is 55.6 Å². The van der Waals surface area contributed by atoms with Gasteiger partial charge in [0.1, 0.15) is 24.2 Å². The molecule has 20 heteroatoms. The summed E-state index contributed by atoms with van der Waals surface area (Å²) in [4.78, 5) is 87.8. The number of para-hydroxylation sites is 2. The Morgan fingerprint density at radius 2 is 1.38 bits per heavy atom. The number of hydrogen-bond acceptors (Lipinski definition) is 15. The SMILES string of the molecule is CCC(=O)C(CC(C)SSC(C)(C)CCC(=O)N[C@@H](C)C(=O)C[C@H](C)C(=O)Nc1cc(COc2cc3c(cc2C)C(=O)N2c4ccccc4C[C@H]2CN3C)cc(COc2cc3c(cc2OC)C(=O)N2c4ccccc4C[C@H]2CC3)c1)S(=O)(=O)OC. The van der Waals surface area contributed by atoms with Gasteiger partial charge in [-0.15, -0.1) is 0 Å². The predicted octanol–water partition coefficient (Wildman–Crippen LogP) is 10.8. The van der Waals surface area contributed by atoms with Crippen molar-refractivity contribution in [2.75, 3.05) is 47.8 Å². The molecular formula is C65H77N5O12S3. The van der Waals surface area contributed by atoms with Gasteiger partial charge in [0.25, 0.3) is 21.9 Å². The second-order valence-corrected chi connectivity index (χ2v) is 28.7. The first-order chi connectivity index (χ1) is 40.5. The molecule has 85 heavy (non-hydrogen) atoms. The summed E-state index contributed by atoms with van der Waals surface area (Å²) in [6.45, 7) is 13.4.